The fourth-order valence-electron chi connectivity index (χ4n) is 1.47. The summed E-state index contributed by atoms with van der Waals surface area (Å²) in [7, 11) is 0. The second kappa shape index (κ2) is 5.75. The van der Waals surface area contributed by atoms with Gasteiger partial charge in [-0.3, -0.25) is 10.1 Å². The fraction of sp³-hybridized carbons (Fsp3) is 0. The smallest absolute Gasteiger partial charge is 0.310 e. The van der Waals surface area contributed by atoms with E-state index in [0.29, 0.717) is 5.02 Å². The van der Waals surface area contributed by atoms with E-state index in [9.17, 15) is 15.2 Å². The summed E-state index contributed by atoms with van der Waals surface area (Å²) in [6.45, 7) is 0. The van der Waals surface area contributed by atoms with Gasteiger partial charge in [0.15, 0.2) is 11.5 Å². The zero-order valence-corrected chi connectivity index (χ0v) is 11.9. The Labute approximate surface area is 128 Å². The number of aromatic hydroxyl groups is 1. The van der Waals surface area contributed by atoms with Gasteiger partial charge in [-0.15, -0.1) is 0 Å². The van der Waals surface area contributed by atoms with Crippen LogP contribution >= 0.6 is 34.8 Å². The van der Waals surface area contributed by atoms with E-state index in [2.05, 4.69) is 0 Å². The molecule has 0 aliphatic carbocycles. The number of ether oxygens (including phenoxy) is 1. The van der Waals surface area contributed by atoms with Crippen molar-refractivity contribution < 1.29 is 14.8 Å². The Balaban J connectivity index is 2.36. The third-order valence-corrected chi connectivity index (χ3v) is 3.11. The minimum Gasteiger partial charge on any atom is -0.502 e. The maximum absolute atomic E-state index is 10.6. The lowest BCUT2D eigenvalue weighted by atomic mass is 10.2. The van der Waals surface area contributed by atoms with Crippen molar-refractivity contribution in [1.29, 1.82) is 0 Å². The molecule has 1 N–H and O–H groups in total. The summed E-state index contributed by atoms with van der Waals surface area (Å²) in [4.78, 5) is 9.88. The normalized spacial score (nSPS) is 10.3. The summed E-state index contributed by atoms with van der Waals surface area (Å²) < 4.78 is 5.41. The van der Waals surface area contributed by atoms with E-state index in [0.717, 1.165) is 12.1 Å². The zero-order valence-electron chi connectivity index (χ0n) is 9.64. The number of nitrogens with zero attached hydrogens (tertiary/aromatic N) is 1. The third kappa shape index (κ3) is 3.07. The molecule has 20 heavy (non-hydrogen) atoms. The molecule has 2 aromatic carbocycles. The van der Waals surface area contributed by atoms with Gasteiger partial charge in [0.05, 0.1) is 15.0 Å². The standard InChI is InChI=1S/C12H6Cl3NO4/c13-6-3-8(14)12(9(15)4-6)20-7-1-2-10(16(18)19)11(17)5-7/h1-5,17H. The van der Waals surface area contributed by atoms with E-state index < -0.39 is 16.4 Å². The summed E-state index contributed by atoms with van der Waals surface area (Å²) >= 11 is 17.6. The maximum Gasteiger partial charge on any atom is 0.310 e. The van der Waals surface area contributed by atoms with Crippen molar-refractivity contribution in [3.05, 3.63) is 55.5 Å². The van der Waals surface area contributed by atoms with Gasteiger partial charge >= 0.3 is 5.69 Å². The number of phenolic OH excluding ortho intramolecular Hbond substituents is 1. The first-order chi connectivity index (χ1) is 9.38. The van der Waals surface area contributed by atoms with E-state index in [-0.39, 0.29) is 21.5 Å². The number of halogens is 3. The molecular weight excluding hydrogens is 328 g/mol. The molecule has 0 heterocycles. The van der Waals surface area contributed by atoms with Crippen LogP contribution in [0.25, 0.3) is 0 Å². The Morgan fingerprint density at radius 3 is 2.20 bits per heavy atom. The van der Waals surface area contributed by atoms with Crippen molar-refractivity contribution in [1.82, 2.24) is 0 Å². The SMILES string of the molecule is O=[N+]([O-])c1ccc(Oc2c(Cl)cc(Cl)cc2Cl)cc1O. The van der Waals surface area contributed by atoms with Gasteiger partial charge in [-0.25, -0.2) is 0 Å². The van der Waals surface area contributed by atoms with Crippen molar-refractivity contribution >= 4 is 40.5 Å². The zero-order chi connectivity index (χ0) is 14.9. The average Bonchev–Trinajstić information content (AvgIpc) is 2.33. The molecule has 0 radical (unpaired) electrons. The molecule has 0 atom stereocenters. The molecule has 0 aliphatic heterocycles. The highest BCUT2D eigenvalue weighted by atomic mass is 35.5. The lowest BCUT2D eigenvalue weighted by Gasteiger charge is -2.10. The topological polar surface area (TPSA) is 72.6 Å². The molecule has 2 aromatic rings. The van der Waals surface area contributed by atoms with Crippen molar-refractivity contribution in [3.63, 3.8) is 0 Å². The molecule has 0 bridgehead atoms. The Bertz CT molecular complexity index is 667. The minimum atomic E-state index is -0.707. The number of benzene rings is 2. The summed E-state index contributed by atoms with van der Waals surface area (Å²) in [5.74, 6) is -0.223. The summed E-state index contributed by atoms with van der Waals surface area (Å²) in [5, 5.41) is 20.8. The molecular formula is C12H6Cl3NO4. The van der Waals surface area contributed by atoms with Gasteiger partial charge in [-0.1, -0.05) is 34.8 Å². The largest absolute Gasteiger partial charge is 0.502 e. The van der Waals surface area contributed by atoms with Crippen LogP contribution in [0.4, 0.5) is 5.69 Å². The Morgan fingerprint density at radius 2 is 1.70 bits per heavy atom. The molecule has 2 rings (SSSR count). The third-order valence-electron chi connectivity index (χ3n) is 2.33. The highest BCUT2D eigenvalue weighted by molar-refractivity contribution is 6.40. The predicted molar refractivity (Wildman–Crippen MR) is 76.3 cm³/mol. The number of phenols is 1. The van der Waals surface area contributed by atoms with Crippen LogP contribution in [0.1, 0.15) is 0 Å². The van der Waals surface area contributed by atoms with Gasteiger partial charge in [0.2, 0.25) is 0 Å². The van der Waals surface area contributed by atoms with E-state index in [1.165, 1.54) is 18.2 Å². The van der Waals surface area contributed by atoms with Crippen molar-refractivity contribution in [2.75, 3.05) is 0 Å². The number of hydrogen-bond donors (Lipinski definition) is 1. The van der Waals surface area contributed by atoms with Gasteiger partial charge in [-0.2, -0.15) is 0 Å². The summed E-state index contributed by atoms with van der Waals surface area (Å²) in [6, 6.07) is 6.41. The van der Waals surface area contributed by atoms with Crippen LogP contribution in [0, 0.1) is 10.1 Å². The van der Waals surface area contributed by atoms with E-state index in [1.54, 1.807) is 0 Å². The Morgan fingerprint density at radius 1 is 1.10 bits per heavy atom. The molecule has 8 heteroatoms. The monoisotopic (exact) mass is 333 g/mol. The number of nitro benzene ring substituents is 1. The first-order valence-corrected chi connectivity index (χ1v) is 6.31. The van der Waals surface area contributed by atoms with E-state index in [4.69, 9.17) is 39.5 Å². The molecule has 0 amide bonds. The molecule has 0 aromatic heterocycles. The fourth-order valence-corrected chi connectivity index (χ4v) is 2.36. The van der Waals surface area contributed by atoms with E-state index in [1.807, 2.05) is 0 Å². The van der Waals surface area contributed by atoms with Gasteiger partial charge in [0.1, 0.15) is 5.75 Å². The van der Waals surface area contributed by atoms with Crippen LogP contribution < -0.4 is 4.74 Å². The Hall–Kier alpha value is -1.69. The molecule has 0 spiro atoms. The van der Waals surface area contributed by atoms with Crippen LogP contribution in [0.2, 0.25) is 15.1 Å². The minimum absolute atomic E-state index is 0.144. The number of rotatable bonds is 3. The van der Waals surface area contributed by atoms with Gasteiger partial charge < -0.3 is 9.84 Å². The van der Waals surface area contributed by atoms with Crippen molar-refractivity contribution in [2.45, 2.75) is 0 Å². The average molecular weight is 335 g/mol. The first kappa shape index (κ1) is 14.7. The Kier molecular flexibility index (Phi) is 4.23. The first-order valence-electron chi connectivity index (χ1n) is 5.18. The van der Waals surface area contributed by atoms with Gasteiger partial charge in [0, 0.05) is 17.2 Å². The van der Waals surface area contributed by atoms with E-state index >= 15 is 0 Å². The summed E-state index contributed by atoms with van der Waals surface area (Å²) in [6.07, 6.45) is 0. The maximum atomic E-state index is 10.6. The molecule has 0 saturated carbocycles. The van der Waals surface area contributed by atoms with Crippen LogP contribution in [-0.2, 0) is 0 Å². The highest BCUT2D eigenvalue weighted by Crippen LogP contribution is 2.40. The lowest BCUT2D eigenvalue weighted by molar-refractivity contribution is -0.385. The van der Waals surface area contributed by atoms with Crippen LogP contribution in [0.3, 0.4) is 0 Å². The number of hydrogen-bond acceptors (Lipinski definition) is 4. The van der Waals surface area contributed by atoms with Gasteiger partial charge in [-0.05, 0) is 18.2 Å². The molecule has 0 aliphatic rings. The highest BCUT2D eigenvalue weighted by Gasteiger charge is 2.16. The molecule has 0 unspecified atom stereocenters. The van der Waals surface area contributed by atoms with Crippen molar-refractivity contribution in [3.8, 4) is 17.2 Å². The van der Waals surface area contributed by atoms with Gasteiger partial charge in [0.25, 0.3) is 0 Å². The second-order valence-corrected chi connectivity index (χ2v) is 4.96. The van der Waals surface area contributed by atoms with Crippen LogP contribution in [-0.4, -0.2) is 10.0 Å². The van der Waals surface area contributed by atoms with Crippen molar-refractivity contribution in [2.24, 2.45) is 0 Å². The lowest BCUT2D eigenvalue weighted by Crippen LogP contribution is -1.91. The van der Waals surface area contributed by atoms with Crippen LogP contribution in [0.15, 0.2) is 30.3 Å². The number of nitro groups is 1. The predicted octanol–water partition coefficient (Wildman–Crippen LogP) is 5.05. The quantitative estimate of drug-likeness (QED) is 0.629. The molecule has 5 nitrogen and oxygen atoms in total. The molecule has 0 saturated heterocycles. The molecule has 0 fully saturated rings. The van der Waals surface area contributed by atoms with Crippen LogP contribution in [0.5, 0.6) is 17.2 Å². The summed E-state index contributed by atoms with van der Waals surface area (Å²) in [5.41, 5.74) is -0.425. The second-order valence-electron chi connectivity index (χ2n) is 3.71. The molecule has 104 valence electrons.